The summed E-state index contributed by atoms with van der Waals surface area (Å²) >= 11 is 0. The van der Waals surface area contributed by atoms with Crippen LogP contribution in [0.25, 0.3) is 10.9 Å². The van der Waals surface area contributed by atoms with E-state index in [0.29, 0.717) is 6.54 Å². The molecule has 0 spiro atoms. The normalized spacial score (nSPS) is 12.9. The molecule has 148 valence electrons. The van der Waals surface area contributed by atoms with E-state index in [0.717, 1.165) is 17.6 Å². The maximum Gasteiger partial charge on any atom is 0.417 e. The Morgan fingerprint density at radius 3 is 2.61 bits per heavy atom. The fourth-order valence-corrected chi connectivity index (χ4v) is 3.20. The van der Waals surface area contributed by atoms with Crippen LogP contribution in [0.2, 0.25) is 0 Å². The number of fused-ring (bicyclic) bond motifs is 1. The van der Waals surface area contributed by atoms with Gasteiger partial charge in [0.2, 0.25) is 0 Å². The van der Waals surface area contributed by atoms with Crippen molar-refractivity contribution in [2.24, 2.45) is 5.92 Å². The number of hydrogen-bond acceptors (Lipinski definition) is 3. The quantitative estimate of drug-likeness (QED) is 0.713. The number of aryl methyl sites for hydroxylation is 2. The first-order valence-electron chi connectivity index (χ1n) is 8.91. The number of rotatable bonds is 5. The van der Waals surface area contributed by atoms with Crippen LogP contribution in [-0.4, -0.2) is 27.2 Å². The Balaban J connectivity index is 1.79. The van der Waals surface area contributed by atoms with E-state index in [2.05, 4.69) is 15.4 Å². The van der Waals surface area contributed by atoms with E-state index in [9.17, 15) is 18.0 Å². The number of amides is 1. The van der Waals surface area contributed by atoms with E-state index in [1.165, 1.54) is 18.2 Å². The lowest BCUT2D eigenvalue weighted by molar-refractivity contribution is -0.136. The van der Waals surface area contributed by atoms with Crippen molar-refractivity contribution in [2.75, 3.05) is 6.54 Å². The zero-order chi connectivity index (χ0) is 20.5. The summed E-state index contributed by atoms with van der Waals surface area (Å²) in [6.07, 6.45) is -3.67. The van der Waals surface area contributed by atoms with Crippen LogP contribution in [0.1, 0.15) is 34.2 Å². The highest BCUT2D eigenvalue weighted by Gasteiger charge is 2.37. The molecule has 0 radical (unpaired) electrons. The number of alkyl halides is 3. The molecular formula is C20H21F3N4O. The van der Waals surface area contributed by atoms with Gasteiger partial charge >= 0.3 is 6.18 Å². The fraction of sp³-hybridized carbons (Fsp3) is 0.350. The van der Waals surface area contributed by atoms with Crippen molar-refractivity contribution in [2.45, 2.75) is 33.5 Å². The van der Waals surface area contributed by atoms with Crippen molar-refractivity contribution in [3.8, 4) is 0 Å². The SMILES string of the molecule is Cc1cc(C)n(CC(C)CNC(=O)c2cnc3ccccc3c2C(F)(F)F)n1. The van der Waals surface area contributed by atoms with Gasteiger partial charge in [-0.05, 0) is 31.9 Å². The Morgan fingerprint density at radius 2 is 1.96 bits per heavy atom. The molecule has 0 aliphatic rings. The molecule has 2 aromatic heterocycles. The highest BCUT2D eigenvalue weighted by Crippen LogP contribution is 2.36. The molecule has 5 nitrogen and oxygen atoms in total. The van der Waals surface area contributed by atoms with Gasteiger partial charge in [-0.3, -0.25) is 14.5 Å². The zero-order valence-corrected chi connectivity index (χ0v) is 15.8. The molecule has 0 saturated carbocycles. The van der Waals surface area contributed by atoms with Gasteiger partial charge in [0.1, 0.15) is 0 Å². The van der Waals surface area contributed by atoms with Crippen LogP contribution < -0.4 is 5.32 Å². The number of benzene rings is 1. The van der Waals surface area contributed by atoms with E-state index in [1.807, 2.05) is 31.5 Å². The van der Waals surface area contributed by atoms with Crippen LogP contribution in [-0.2, 0) is 12.7 Å². The third kappa shape index (κ3) is 4.16. The van der Waals surface area contributed by atoms with Crippen molar-refractivity contribution >= 4 is 16.8 Å². The summed E-state index contributed by atoms with van der Waals surface area (Å²) in [6, 6.07) is 7.87. The summed E-state index contributed by atoms with van der Waals surface area (Å²) in [6.45, 7) is 6.51. The topological polar surface area (TPSA) is 59.8 Å². The third-order valence-electron chi connectivity index (χ3n) is 4.50. The largest absolute Gasteiger partial charge is 0.417 e. The van der Waals surface area contributed by atoms with E-state index in [4.69, 9.17) is 0 Å². The summed E-state index contributed by atoms with van der Waals surface area (Å²) in [5.41, 5.74) is 0.662. The van der Waals surface area contributed by atoms with Crippen LogP contribution in [0.3, 0.4) is 0 Å². The smallest absolute Gasteiger partial charge is 0.352 e. The van der Waals surface area contributed by atoms with Crippen LogP contribution in [0, 0.1) is 19.8 Å². The minimum atomic E-state index is -4.66. The molecule has 0 fully saturated rings. The highest BCUT2D eigenvalue weighted by molar-refractivity contribution is 6.00. The van der Waals surface area contributed by atoms with Gasteiger partial charge in [-0.15, -0.1) is 0 Å². The first-order valence-corrected chi connectivity index (χ1v) is 8.91. The summed E-state index contributed by atoms with van der Waals surface area (Å²) in [5.74, 6) is -0.796. The fourth-order valence-electron chi connectivity index (χ4n) is 3.20. The second-order valence-corrected chi connectivity index (χ2v) is 6.99. The number of nitrogens with one attached hydrogen (secondary N) is 1. The van der Waals surface area contributed by atoms with E-state index >= 15 is 0 Å². The first-order chi connectivity index (χ1) is 13.2. The van der Waals surface area contributed by atoms with Crippen LogP contribution in [0.15, 0.2) is 36.5 Å². The predicted molar refractivity (Wildman–Crippen MR) is 99.9 cm³/mol. The Labute approximate surface area is 160 Å². The number of para-hydroxylation sites is 1. The van der Waals surface area contributed by atoms with Crippen LogP contribution in [0.4, 0.5) is 13.2 Å². The molecule has 1 atom stereocenters. The standard InChI is InChI=1S/C20H21F3N4O/c1-12(11-27-14(3)8-13(2)26-27)9-25-19(28)16-10-24-17-7-5-4-6-15(17)18(16)20(21,22)23/h4-8,10,12H,9,11H2,1-3H3,(H,25,28). The molecule has 3 aromatic rings. The summed E-state index contributed by atoms with van der Waals surface area (Å²) < 4.78 is 42.8. The van der Waals surface area contributed by atoms with Crippen molar-refractivity contribution in [1.82, 2.24) is 20.1 Å². The Morgan fingerprint density at radius 1 is 1.25 bits per heavy atom. The number of nitrogens with zero attached hydrogens (tertiary/aromatic N) is 3. The molecule has 0 aliphatic heterocycles. The second kappa shape index (κ2) is 7.61. The molecule has 28 heavy (non-hydrogen) atoms. The minimum Gasteiger partial charge on any atom is -0.352 e. The number of carbonyl (C=O) groups excluding carboxylic acids is 1. The van der Waals surface area contributed by atoms with Gasteiger partial charge in [-0.2, -0.15) is 18.3 Å². The zero-order valence-electron chi connectivity index (χ0n) is 15.8. The third-order valence-corrected chi connectivity index (χ3v) is 4.50. The molecule has 2 heterocycles. The predicted octanol–water partition coefficient (Wildman–Crippen LogP) is 4.13. The number of aromatic nitrogens is 3. The van der Waals surface area contributed by atoms with Gasteiger partial charge in [-0.1, -0.05) is 25.1 Å². The summed E-state index contributed by atoms with van der Waals surface area (Å²) in [5, 5.41) is 6.88. The molecule has 8 heteroatoms. The molecule has 1 amide bonds. The number of halogens is 3. The van der Waals surface area contributed by atoms with Crippen molar-refractivity contribution in [3.63, 3.8) is 0 Å². The molecule has 0 aliphatic carbocycles. The summed E-state index contributed by atoms with van der Waals surface area (Å²) in [7, 11) is 0. The average molecular weight is 390 g/mol. The van der Waals surface area contributed by atoms with E-state index < -0.39 is 23.2 Å². The van der Waals surface area contributed by atoms with E-state index in [-0.39, 0.29) is 23.4 Å². The second-order valence-electron chi connectivity index (χ2n) is 6.99. The monoisotopic (exact) mass is 390 g/mol. The molecule has 3 rings (SSSR count). The van der Waals surface area contributed by atoms with Gasteiger partial charge < -0.3 is 5.32 Å². The number of pyridine rings is 1. The molecule has 1 unspecified atom stereocenters. The molecule has 0 bridgehead atoms. The van der Waals surface area contributed by atoms with Crippen molar-refractivity contribution in [1.29, 1.82) is 0 Å². The highest BCUT2D eigenvalue weighted by atomic mass is 19.4. The molecule has 0 saturated heterocycles. The molecule has 1 N–H and O–H groups in total. The lowest BCUT2D eigenvalue weighted by Gasteiger charge is -2.17. The van der Waals surface area contributed by atoms with Gasteiger partial charge in [0, 0.05) is 30.4 Å². The lowest BCUT2D eigenvalue weighted by Crippen LogP contribution is -2.32. The van der Waals surface area contributed by atoms with Crippen LogP contribution in [0.5, 0.6) is 0 Å². The first kappa shape index (κ1) is 19.9. The van der Waals surface area contributed by atoms with Gasteiger partial charge in [0.25, 0.3) is 5.91 Å². The average Bonchev–Trinajstić information content (AvgIpc) is 2.94. The van der Waals surface area contributed by atoms with Crippen molar-refractivity contribution in [3.05, 3.63) is 59.0 Å². The number of carbonyl (C=O) groups is 1. The van der Waals surface area contributed by atoms with Crippen molar-refractivity contribution < 1.29 is 18.0 Å². The maximum absolute atomic E-state index is 13.7. The molecule has 1 aromatic carbocycles. The van der Waals surface area contributed by atoms with Gasteiger partial charge in [0.05, 0.1) is 22.3 Å². The Kier molecular flexibility index (Phi) is 5.40. The Hall–Kier alpha value is -2.90. The number of hydrogen-bond donors (Lipinski definition) is 1. The lowest BCUT2D eigenvalue weighted by atomic mass is 10.0. The maximum atomic E-state index is 13.7. The van der Waals surface area contributed by atoms with E-state index in [1.54, 1.807) is 6.07 Å². The van der Waals surface area contributed by atoms with Gasteiger partial charge in [0.15, 0.2) is 0 Å². The Bertz CT molecular complexity index is 1010. The molecular weight excluding hydrogens is 369 g/mol. The summed E-state index contributed by atoms with van der Waals surface area (Å²) in [4.78, 5) is 16.5. The minimum absolute atomic E-state index is 0.00953. The van der Waals surface area contributed by atoms with Crippen LogP contribution >= 0.6 is 0 Å². The van der Waals surface area contributed by atoms with Gasteiger partial charge in [-0.25, -0.2) is 0 Å².